The van der Waals surface area contributed by atoms with Crippen LogP contribution in [-0.4, -0.2) is 18.8 Å². The number of halogens is 1. The Kier molecular flexibility index (Phi) is 8.00. The van der Waals surface area contributed by atoms with E-state index in [4.69, 9.17) is 4.74 Å². The Labute approximate surface area is 130 Å². The fourth-order valence-corrected chi connectivity index (χ4v) is 2.74. The first-order valence-corrected chi connectivity index (χ1v) is 8.17. The van der Waals surface area contributed by atoms with Gasteiger partial charge in [0.2, 0.25) is 0 Å². The first kappa shape index (κ1) is 17.3. The summed E-state index contributed by atoms with van der Waals surface area (Å²) in [6.45, 7) is 6.32. The summed E-state index contributed by atoms with van der Waals surface area (Å²) in [4.78, 5) is 0. The van der Waals surface area contributed by atoms with Crippen molar-refractivity contribution < 1.29 is 9.84 Å². The van der Waals surface area contributed by atoms with Gasteiger partial charge in [0, 0.05) is 6.54 Å². The van der Waals surface area contributed by atoms with Crippen LogP contribution in [-0.2, 0) is 6.54 Å². The quantitative estimate of drug-likeness (QED) is 0.694. The molecule has 0 spiro atoms. The Morgan fingerprint density at radius 2 is 2.10 bits per heavy atom. The number of phenols is 1. The Bertz CT molecular complexity index is 410. The molecular formula is C16H26BrNO2. The third-order valence-electron chi connectivity index (χ3n) is 3.61. The van der Waals surface area contributed by atoms with Crippen LogP contribution < -0.4 is 10.1 Å². The third kappa shape index (κ3) is 5.33. The lowest BCUT2D eigenvalue weighted by molar-refractivity contribution is 0.370. The second kappa shape index (κ2) is 9.24. The molecule has 0 amide bonds. The van der Waals surface area contributed by atoms with Crippen LogP contribution in [0.1, 0.15) is 45.1 Å². The van der Waals surface area contributed by atoms with Gasteiger partial charge in [-0.05, 0) is 52.5 Å². The fourth-order valence-electron chi connectivity index (χ4n) is 2.25. The smallest absolute Gasteiger partial charge is 0.172 e. The lowest BCUT2D eigenvalue weighted by Crippen LogP contribution is -2.22. The largest absolute Gasteiger partial charge is 0.503 e. The zero-order valence-corrected chi connectivity index (χ0v) is 14.3. The van der Waals surface area contributed by atoms with E-state index in [0.717, 1.165) is 24.6 Å². The molecule has 20 heavy (non-hydrogen) atoms. The van der Waals surface area contributed by atoms with E-state index in [0.29, 0.717) is 10.2 Å². The van der Waals surface area contributed by atoms with Crippen LogP contribution in [0.15, 0.2) is 16.6 Å². The number of hydrogen-bond donors (Lipinski definition) is 2. The van der Waals surface area contributed by atoms with Gasteiger partial charge in [0.05, 0.1) is 11.6 Å². The zero-order chi connectivity index (χ0) is 15.0. The summed E-state index contributed by atoms with van der Waals surface area (Å²) in [7, 11) is 1.57. The molecule has 1 rings (SSSR count). The summed E-state index contributed by atoms with van der Waals surface area (Å²) >= 11 is 3.35. The second-order valence-corrected chi connectivity index (χ2v) is 6.03. The van der Waals surface area contributed by atoms with Gasteiger partial charge in [-0.1, -0.05) is 33.1 Å². The Morgan fingerprint density at radius 3 is 2.70 bits per heavy atom. The fraction of sp³-hybridized carbons (Fsp3) is 0.625. The molecule has 0 aliphatic carbocycles. The van der Waals surface area contributed by atoms with Crippen molar-refractivity contribution in [3.05, 3.63) is 22.2 Å². The standard InChI is InChI=1S/C16H26BrNO2/c1-4-6-7-12(5-2)10-18-11-13-8-14(17)16(19)15(9-13)20-3/h8-9,12,18-19H,4-7,10-11H2,1-3H3. The van der Waals surface area contributed by atoms with E-state index < -0.39 is 0 Å². The lowest BCUT2D eigenvalue weighted by Gasteiger charge is -2.16. The van der Waals surface area contributed by atoms with Crippen LogP contribution in [0.4, 0.5) is 0 Å². The van der Waals surface area contributed by atoms with E-state index >= 15 is 0 Å². The number of aromatic hydroxyl groups is 1. The maximum Gasteiger partial charge on any atom is 0.172 e. The van der Waals surface area contributed by atoms with Crippen LogP contribution in [0.2, 0.25) is 0 Å². The van der Waals surface area contributed by atoms with Crippen LogP contribution in [0.5, 0.6) is 11.5 Å². The number of rotatable bonds is 9. The van der Waals surface area contributed by atoms with E-state index in [1.165, 1.54) is 25.7 Å². The number of unbranched alkanes of at least 4 members (excludes halogenated alkanes) is 1. The molecular weight excluding hydrogens is 318 g/mol. The molecule has 0 aliphatic heterocycles. The van der Waals surface area contributed by atoms with Gasteiger partial charge in [-0.15, -0.1) is 0 Å². The van der Waals surface area contributed by atoms with Crippen LogP contribution in [0, 0.1) is 5.92 Å². The van der Waals surface area contributed by atoms with Gasteiger partial charge >= 0.3 is 0 Å². The van der Waals surface area contributed by atoms with Crippen molar-refractivity contribution in [1.82, 2.24) is 5.32 Å². The molecule has 2 N–H and O–H groups in total. The number of benzene rings is 1. The van der Waals surface area contributed by atoms with Gasteiger partial charge in [0.1, 0.15) is 0 Å². The zero-order valence-electron chi connectivity index (χ0n) is 12.7. The SMILES string of the molecule is CCCCC(CC)CNCc1cc(Br)c(O)c(OC)c1. The maximum absolute atomic E-state index is 9.78. The highest BCUT2D eigenvalue weighted by Crippen LogP contribution is 2.35. The van der Waals surface area contributed by atoms with Crippen molar-refractivity contribution in [3.63, 3.8) is 0 Å². The summed E-state index contributed by atoms with van der Waals surface area (Å²) in [5.41, 5.74) is 1.11. The Hall–Kier alpha value is -0.740. The number of phenolic OH excluding ortho intramolecular Hbond substituents is 1. The second-order valence-electron chi connectivity index (χ2n) is 5.18. The van der Waals surface area contributed by atoms with Crippen molar-refractivity contribution in [2.75, 3.05) is 13.7 Å². The van der Waals surface area contributed by atoms with Crippen LogP contribution >= 0.6 is 15.9 Å². The molecule has 0 fully saturated rings. The molecule has 0 radical (unpaired) electrons. The third-order valence-corrected chi connectivity index (χ3v) is 4.22. The van der Waals surface area contributed by atoms with Crippen molar-refractivity contribution in [2.24, 2.45) is 5.92 Å². The van der Waals surface area contributed by atoms with Gasteiger partial charge in [-0.2, -0.15) is 0 Å². The van der Waals surface area contributed by atoms with Crippen molar-refractivity contribution in [2.45, 2.75) is 46.1 Å². The van der Waals surface area contributed by atoms with E-state index in [-0.39, 0.29) is 5.75 Å². The molecule has 0 saturated heterocycles. The highest BCUT2D eigenvalue weighted by molar-refractivity contribution is 9.10. The molecule has 1 atom stereocenters. The molecule has 0 aromatic heterocycles. The molecule has 0 bridgehead atoms. The van der Waals surface area contributed by atoms with Crippen LogP contribution in [0.25, 0.3) is 0 Å². The van der Waals surface area contributed by atoms with E-state index in [1.54, 1.807) is 7.11 Å². The average Bonchev–Trinajstić information content (AvgIpc) is 2.46. The Balaban J connectivity index is 2.51. The van der Waals surface area contributed by atoms with Gasteiger partial charge in [-0.3, -0.25) is 0 Å². The summed E-state index contributed by atoms with van der Waals surface area (Å²) in [6.07, 6.45) is 5.08. The average molecular weight is 344 g/mol. The number of methoxy groups -OCH3 is 1. The predicted molar refractivity (Wildman–Crippen MR) is 87.4 cm³/mol. The highest BCUT2D eigenvalue weighted by Gasteiger charge is 2.09. The number of nitrogens with one attached hydrogen (secondary N) is 1. The molecule has 4 heteroatoms. The molecule has 114 valence electrons. The minimum absolute atomic E-state index is 0.158. The van der Waals surface area contributed by atoms with E-state index in [9.17, 15) is 5.11 Å². The number of ether oxygens (including phenoxy) is 1. The Morgan fingerprint density at radius 1 is 1.35 bits per heavy atom. The van der Waals surface area contributed by atoms with Crippen molar-refractivity contribution in [3.8, 4) is 11.5 Å². The molecule has 3 nitrogen and oxygen atoms in total. The highest BCUT2D eigenvalue weighted by atomic mass is 79.9. The summed E-state index contributed by atoms with van der Waals surface area (Å²) in [6, 6.07) is 3.80. The molecule has 0 heterocycles. The van der Waals surface area contributed by atoms with Crippen LogP contribution in [0.3, 0.4) is 0 Å². The first-order valence-electron chi connectivity index (χ1n) is 7.38. The topological polar surface area (TPSA) is 41.5 Å². The molecule has 1 aromatic rings. The van der Waals surface area contributed by atoms with E-state index in [2.05, 4.69) is 35.1 Å². The van der Waals surface area contributed by atoms with Gasteiger partial charge in [-0.25, -0.2) is 0 Å². The van der Waals surface area contributed by atoms with Gasteiger partial charge in [0.15, 0.2) is 11.5 Å². The molecule has 1 aromatic carbocycles. The normalized spacial score (nSPS) is 12.4. The molecule has 0 aliphatic rings. The maximum atomic E-state index is 9.78. The summed E-state index contributed by atoms with van der Waals surface area (Å²) in [5.74, 6) is 1.41. The first-order chi connectivity index (χ1) is 9.62. The minimum Gasteiger partial charge on any atom is -0.503 e. The minimum atomic E-state index is 0.158. The molecule has 1 unspecified atom stereocenters. The van der Waals surface area contributed by atoms with E-state index in [1.807, 2.05) is 12.1 Å². The predicted octanol–water partition coefficient (Wildman–Crippen LogP) is 4.47. The lowest BCUT2D eigenvalue weighted by atomic mass is 9.99. The monoisotopic (exact) mass is 343 g/mol. The summed E-state index contributed by atoms with van der Waals surface area (Å²) < 4.78 is 5.83. The van der Waals surface area contributed by atoms with Gasteiger partial charge in [0.25, 0.3) is 0 Å². The summed E-state index contributed by atoms with van der Waals surface area (Å²) in [5, 5.41) is 13.3. The van der Waals surface area contributed by atoms with Gasteiger partial charge < -0.3 is 15.2 Å². The molecule has 0 saturated carbocycles. The van der Waals surface area contributed by atoms with Crippen molar-refractivity contribution in [1.29, 1.82) is 0 Å². The number of hydrogen-bond acceptors (Lipinski definition) is 3. The van der Waals surface area contributed by atoms with Crippen molar-refractivity contribution >= 4 is 15.9 Å².